The zero-order valence-corrected chi connectivity index (χ0v) is 14.9. The summed E-state index contributed by atoms with van der Waals surface area (Å²) < 4.78 is 54.3. The molecule has 1 aliphatic rings. The average Bonchev–Trinajstić information content (AvgIpc) is 3.06. The Labute approximate surface area is 150 Å². The first-order chi connectivity index (χ1) is 12.3. The van der Waals surface area contributed by atoms with Crippen molar-refractivity contribution in [3.63, 3.8) is 0 Å². The monoisotopic (exact) mass is 369 g/mol. The maximum Gasteiger partial charge on any atom is 0.419 e. The first-order valence-corrected chi connectivity index (χ1v) is 8.86. The number of hydrogen-bond donors (Lipinski definition) is 0. The van der Waals surface area contributed by atoms with E-state index in [0.717, 1.165) is 43.9 Å². The van der Waals surface area contributed by atoms with Crippen molar-refractivity contribution >= 4 is 0 Å². The zero-order valence-electron chi connectivity index (χ0n) is 14.9. The van der Waals surface area contributed by atoms with Gasteiger partial charge in [0.2, 0.25) is 0 Å². The number of nitrogens with zero attached hydrogens (tertiary/aromatic N) is 3. The van der Waals surface area contributed by atoms with E-state index in [1.54, 1.807) is 6.20 Å². The predicted molar refractivity (Wildman–Crippen MR) is 91.3 cm³/mol. The van der Waals surface area contributed by atoms with Crippen LogP contribution in [0.25, 0.3) is 0 Å². The van der Waals surface area contributed by atoms with E-state index >= 15 is 0 Å². The standard InChI is InChI=1S/C19H23F4N3/c1-13(2)26-9-7-24-18(26)15-4-3-8-25(12-15)11-14-5-6-17(20)16(10-14)19(21,22)23/h5-7,9-10,13,15H,3-4,8,11-12H2,1-2H3/t15-/m0/s1. The molecule has 3 nitrogen and oxygen atoms in total. The Hall–Kier alpha value is -1.89. The van der Waals surface area contributed by atoms with Gasteiger partial charge in [0.25, 0.3) is 0 Å². The van der Waals surface area contributed by atoms with Crippen molar-refractivity contribution in [2.75, 3.05) is 13.1 Å². The molecule has 0 saturated carbocycles. The van der Waals surface area contributed by atoms with Crippen LogP contribution in [-0.4, -0.2) is 27.5 Å². The Balaban J connectivity index is 1.74. The van der Waals surface area contributed by atoms with Gasteiger partial charge < -0.3 is 4.57 Å². The molecular formula is C19H23F4N3. The summed E-state index contributed by atoms with van der Waals surface area (Å²) in [5, 5.41) is 0. The Morgan fingerprint density at radius 2 is 2.04 bits per heavy atom. The van der Waals surface area contributed by atoms with Gasteiger partial charge in [-0.3, -0.25) is 4.90 Å². The third kappa shape index (κ3) is 4.09. The van der Waals surface area contributed by atoms with Crippen LogP contribution in [0.5, 0.6) is 0 Å². The van der Waals surface area contributed by atoms with Crippen LogP contribution < -0.4 is 0 Å². The minimum atomic E-state index is -4.67. The normalized spacial score (nSPS) is 19.3. The van der Waals surface area contributed by atoms with E-state index < -0.39 is 17.6 Å². The molecule has 26 heavy (non-hydrogen) atoms. The number of imidazole rings is 1. The first kappa shape index (κ1) is 18.9. The molecule has 7 heteroatoms. The van der Waals surface area contributed by atoms with Gasteiger partial charge in [0, 0.05) is 37.4 Å². The third-order valence-electron chi connectivity index (χ3n) is 4.87. The smallest absolute Gasteiger partial charge is 0.332 e. The molecule has 1 fully saturated rings. The molecule has 1 atom stereocenters. The van der Waals surface area contributed by atoms with Gasteiger partial charge in [-0.1, -0.05) is 6.07 Å². The second-order valence-electron chi connectivity index (χ2n) is 7.17. The number of halogens is 4. The number of piperidine rings is 1. The van der Waals surface area contributed by atoms with E-state index in [-0.39, 0.29) is 5.92 Å². The van der Waals surface area contributed by atoms with E-state index in [9.17, 15) is 17.6 Å². The molecule has 0 spiro atoms. The molecule has 0 N–H and O–H groups in total. The highest BCUT2D eigenvalue weighted by molar-refractivity contribution is 5.27. The van der Waals surface area contributed by atoms with Gasteiger partial charge in [0.15, 0.2) is 0 Å². The molecule has 3 rings (SSSR count). The molecule has 2 aromatic rings. The van der Waals surface area contributed by atoms with Crippen LogP contribution in [0.4, 0.5) is 17.6 Å². The van der Waals surface area contributed by atoms with Gasteiger partial charge in [0.05, 0.1) is 5.56 Å². The lowest BCUT2D eigenvalue weighted by Gasteiger charge is -2.33. The van der Waals surface area contributed by atoms with Crippen molar-refractivity contribution in [3.05, 3.63) is 53.4 Å². The highest BCUT2D eigenvalue weighted by atomic mass is 19.4. The number of rotatable bonds is 4. The summed E-state index contributed by atoms with van der Waals surface area (Å²) >= 11 is 0. The molecule has 0 radical (unpaired) electrons. The maximum atomic E-state index is 13.5. The lowest BCUT2D eigenvalue weighted by Crippen LogP contribution is -2.35. The minimum Gasteiger partial charge on any atom is -0.332 e. The highest BCUT2D eigenvalue weighted by Gasteiger charge is 2.34. The van der Waals surface area contributed by atoms with Gasteiger partial charge in [-0.15, -0.1) is 0 Å². The fourth-order valence-corrected chi connectivity index (χ4v) is 3.63. The topological polar surface area (TPSA) is 21.1 Å². The molecule has 1 aromatic heterocycles. The lowest BCUT2D eigenvalue weighted by molar-refractivity contribution is -0.140. The average molecular weight is 369 g/mol. The van der Waals surface area contributed by atoms with Crippen LogP contribution in [0.15, 0.2) is 30.6 Å². The molecule has 0 bridgehead atoms. The summed E-state index contributed by atoms with van der Waals surface area (Å²) in [6, 6.07) is 3.58. The van der Waals surface area contributed by atoms with Gasteiger partial charge in [-0.2, -0.15) is 13.2 Å². The number of aromatic nitrogens is 2. The largest absolute Gasteiger partial charge is 0.419 e. The van der Waals surface area contributed by atoms with Crippen molar-refractivity contribution in [2.45, 2.75) is 51.4 Å². The number of likely N-dealkylation sites (tertiary alicyclic amines) is 1. The van der Waals surface area contributed by atoms with Crippen LogP contribution >= 0.6 is 0 Å². The van der Waals surface area contributed by atoms with Gasteiger partial charge >= 0.3 is 6.18 Å². The molecule has 2 heterocycles. The van der Waals surface area contributed by atoms with Crippen molar-refractivity contribution in [1.82, 2.24) is 14.5 Å². The number of hydrogen-bond acceptors (Lipinski definition) is 2. The molecule has 0 unspecified atom stereocenters. The lowest BCUT2D eigenvalue weighted by atomic mass is 9.96. The SMILES string of the molecule is CC(C)n1ccnc1[C@H]1CCCN(Cc2ccc(F)c(C(F)(F)F)c2)C1. The Morgan fingerprint density at radius 3 is 2.73 bits per heavy atom. The van der Waals surface area contributed by atoms with Crippen LogP contribution in [0.2, 0.25) is 0 Å². The summed E-state index contributed by atoms with van der Waals surface area (Å²) in [6.07, 6.45) is 1.06. The molecule has 1 aromatic carbocycles. The van der Waals surface area contributed by atoms with E-state index in [4.69, 9.17) is 0 Å². The van der Waals surface area contributed by atoms with E-state index in [0.29, 0.717) is 18.2 Å². The predicted octanol–water partition coefficient (Wildman–Crippen LogP) is 5.00. The van der Waals surface area contributed by atoms with Crippen LogP contribution in [-0.2, 0) is 12.7 Å². The van der Waals surface area contributed by atoms with Crippen LogP contribution in [0.3, 0.4) is 0 Å². The maximum absolute atomic E-state index is 13.5. The molecule has 0 amide bonds. The van der Waals surface area contributed by atoms with Crippen LogP contribution in [0.1, 0.15) is 55.6 Å². The fourth-order valence-electron chi connectivity index (χ4n) is 3.63. The summed E-state index contributed by atoms with van der Waals surface area (Å²) in [5.41, 5.74) is -0.717. The Kier molecular flexibility index (Phi) is 5.37. The van der Waals surface area contributed by atoms with Gasteiger partial charge in [-0.05, 0) is 50.9 Å². The highest BCUT2D eigenvalue weighted by Crippen LogP contribution is 2.33. The van der Waals surface area contributed by atoms with Crippen molar-refractivity contribution in [3.8, 4) is 0 Å². The van der Waals surface area contributed by atoms with E-state index in [2.05, 4.69) is 28.3 Å². The fraction of sp³-hybridized carbons (Fsp3) is 0.526. The number of benzene rings is 1. The van der Waals surface area contributed by atoms with Crippen LogP contribution in [0, 0.1) is 5.82 Å². The molecule has 0 aliphatic carbocycles. The minimum absolute atomic E-state index is 0.253. The van der Waals surface area contributed by atoms with E-state index in [1.807, 2.05) is 6.20 Å². The zero-order chi connectivity index (χ0) is 18.9. The summed E-state index contributed by atoms with van der Waals surface area (Å²) in [4.78, 5) is 6.62. The summed E-state index contributed by atoms with van der Waals surface area (Å²) in [7, 11) is 0. The first-order valence-electron chi connectivity index (χ1n) is 8.86. The molecule has 1 saturated heterocycles. The summed E-state index contributed by atoms with van der Waals surface area (Å²) in [6.45, 7) is 6.13. The summed E-state index contributed by atoms with van der Waals surface area (Å²) in [5.74, 6) is 0.0557. The quantitative estimate of drug-likeness (QED) is 0.707. The second-order valence-corrected chi connectivity index (χ2v) is 7.17. The second kappa shape index (κ2) is 7.39. The third-order valence-corrected chi connectivity index (χ3v) is 4.87. The molecular weight excluding hydrogens is 346 g/mol. The van der Waals surface area contributed by atoms with E-state index in [1.165, 1.54) is 6.07 Å². The molecule has 142 valence electrons. The Morgan fingerprint density at radius 1 is 1.27 bits per heavy atom. The molecule has 1 aliphatic heterocycles. The van der Waals surface area contributed by atoms with Crippen molar-refractivity contribution in [2.24, 2.45) is 0 Å². The van der Waals surface area contributed by atoms with Crippen molar-refractivity contribution in [1.29, 1.82) is 0 Å². The van der Waals surface area contributed by atoms with Gasteiger partial charge in [-0.25, -0.2) is 9.37 Å². The van der Waals surface area contributed by atoms with Gasteiger partial charge in [0.1, 0.15) is 11.6 Å². The van der Waals surface area contributed by atoms with Crippen molar-refractivity contribution < 1.29 is 17.6 Å². The Bertz CT molecular complexity index is 751. The number of alkyl halides is 3.